The van der Waals surface area contributed by atoms with Crippen LogP contribution in [-0.4, -0.2) is 96.7 Å². The van der Waals surface area contributed by atoms with Crippen molar-refractivity contribution in [3.8, 4) is 0 Å². The van der Waals surface area contributed by atoms with Crippen LogP contribution < -0.4 is 0 Å². The fourth-order valence-corrected chi connectivity index (χ4v) is 13.1. The molecule has 0 aliphatic heterocycles. The van der Waals surface area contributed by atoms with Gasteiger partial charge in [0.05, 0.1) is 26.4 Å². The van der Waals surface area contributed by atoms with E-state index in [9.17, 15) is 43.2 Å². The van der Waals surface area contributed by atoms with Gasteiger partial charge in [0.25, 0.3) is 0 Å². The lowest BCUT2D eigenvalue weighted by atomic mass is 9.99. The van der Waals surface area contributed by atoms with E-state index in [1.54, 1.807) is 0 Å². The molecule has 0 aliphatic rings. The van der Waals surface area contributed by atoms with Crippen LogP contribution in [0.1, 0.15) is 389 Å². The van der Waals surface area contributed by atoms with Crippen LogP contribution in [0.25, 0.3) is 0 Å². The molecule has 0 aliphatic carbocycles. The monoisotopic (exact) mass is 1400 g/mol. The molecular weight excluding hydrogens is 1250 g/mol. The number of aliphatic hydroxyl groups excluding tert-OH is 1. The molecule has 0 saturated carbocycles. The van der Waals surface area contributed by atoms with E-state index in [2.05, 4.69) is 48.5 Å². The number of unbranched alkanes of at least 4 members (excludes halogenated alkanes) is 41. The van der Waals surface area contributed by atoms with E-state index in [4.69, 9.17) is 37.0 Å². The third-order valence-corrected chi connectivity index (χ3v) is 19.9. The first-order chi connectivity index (χ1) is 45.8. The molecule has 0 aromatic heterocycles. The molecule has 3 unspecified atom stereocenters. The van der Waals surface area contributed by atoms with Crippen LogP contribution in [0.15, 0.2) is 0 Å². The van der Waals surface area contributed by atoms with Gasteiger partial charge in [-0.2, -0.15) is 0 Å². The van der Waals surface area contributed by atoms with Gasteiger partial charge in [-0.15, -0.1) is 0 Å². The minimum Gasteiger partial charge on any atom is -0.462 e. The van der Waals surface area contributed by atoms with E-state index >= 15 is 0 Å². The number of ether oxygens (including phenoxy) is 4. The predicted molar refractivity (Wildman–Crippen MR) is 386 cm³/mol. The van der Waals surface area contributed by atoms with Crippen LogP contribution in [0, 0.1) is 17.8 Å². The quantitative estimate of drug-likeness (QED) is 0.0222. The van der Waals surface area contributed by atoms with Crippen molar-refractivity contribution in [2.75, 3.05) is 39.6 Å². The van der Waals surface area contributed by atoms with Crippen LogP contribution >= 0.6 is 15.6 Å². The Morgan fingerprint density at radius 2 is 0.537 bits per heavy atom. The van der Waals surface area contributed by atoms with Gasteiger partial charge in [0.15, 0.2) is 12.2 Å². The lowest BCUT2D eigenvalue weighted by molar-refractivity contribution is -0.161. The molecule has 564 valence electrons. The van der Waals surface area contributed by atoms with Gasteiger partial charge in [-0.1, -0.05) is 337 Å². The van der Waals surface area contributed by atoms with E-state index in [0.717, 1.165) is 108 Å². The predicted octanol–water partition coefficient (Wildman–Crippen LogP) is 22.2. The highest BCUT2D eigenvalue weighted by molar-refractivity contribution is 7.47. The normalized spacial score (nSPS) is 14.4. The van der Waals surface area contributed by atoms with Gasteiger partial charge in [-0.3, -0.25) is 37.3 Å². The van der Waals surface area contributed by atoms with Gasteiger partial charge in [-0.05, 0) is 43.4 Å². The molecule has 0 amide bonds. The number of esters is 4. The summed E-state index contributed by atoms with van der Waals surface area (Å²) in [6.07, 6.45) is 52.6. The number of rotatable bonds is 74. The minimum atomic E-state index is -4.96. The Morgan fingerprint density at radius 1 is 0.305 bits per heavy atom. The Kier molecular flexibility index (Phi) is 65.2. The van der Waals surface area contributed by atoms with E-state index in [0.29, 0.717) is 25.7 Å². The molecule has 0 saturated heterocycles. The zero-order chi connectivity index (χ0) is 70.1. The molecule has 0 radical (unpaired) electrons. The molecule has 6 atom stereocenters. The van der Waals surface area contributed by atoms with Crippen LogP contribution in [0.5, 0.6) is 0 Å². The standard InChI is InChI=1S/C76H148O17P2/c1-8-10-11-12-13-14-28-36-43-50-57-73(78)86-64-72(93-76(81)60-53-46-39-32-31-34-41-48-55-68(5)6)66-91-95(84,85)89-62-70(77)61-88-94(82,83)90-65-71(63-87-74(79)58-51-44-37-29-24-21-17-18-22-26-33-40-47-54-67(3)4)92-75(80)59-52-45-38-30-25-20-16-15-19-23-27-35-42-49-56-69(7)9-2/h67-72,77H,8-66H2,1-7H3,(H,82,83)(H,84,85)/t69?,70-,71-,72-/m1/s1. The third-order valence-electron chi connectivity index (χ3n) is 18.0. The molecule has 95 heavy (non-hydrogen) atoms. The number of phosphoric ester groups is 2. The average molecular weight is 1400 g/mol. The Labute approximate surface area is 581 Å². The average Bonchev–Trinajstić information content (AvgIpc) is 1.24. The summed E-state index contributed by atoms with van der Waals surface area (Å²) in [5, 5.41) is 10.6. The van der Waals surface area contributed by atoms with Crippen LogP contribution in [-0.2, 0) is 65.4 Å². The fraction of sp³-hybridized carbons (Fsp3) is 0.947. The van der Waals surface area contributed by atoms with Crippen molar-refractivity contribution >= 4 is 39.5 Å². The molecule has 17 nitrogen and oxygen atoms in total. The number of hydrogen-bond acceptors (Lipinski definition) is 15. The summed E-state index contributed by atoms with van der Waals surface area (Å²) >= 11 is 0. The summed E-state index contributed by atoms with van der Waals surface area (Å²) in [5.41, 5.74) is 0. The van der Waals surface area contributed by atoms with Crippen LogP contribution in [0.4, 0.5) is 0 Å². The Hall–Kier alpha value is -1.94. The van der Waals surface area contributed by atoms with E-state index in [1.807, 2.05) is 0 Å². The summed E-state index contributed by atoms with van der Waals surface area (Å²) in [6.45, 7) is 11.9. The minimum absolute atomic E-state index is 0.105. The fourth-order valence-electron chi connectivity index (χ4n) is 11.6. The van der Waals surface area contributed by atoms with Crippen molar-refractivity contribution in [3.05, 3.63) is 0 Å². The van der Waals surface area contributed by atoms with Crippen molar-refractivity contribution in [1.82, 2.24) is 0 Å². The summed E-state index contributed by atoms with van der Waals surface area (Å²) in [6, 6.07) is 0. The molecule has 0 heterocycles. The number of hydrogen-bond donors (Lipinski definition) is 3. The van der Waals surface area contributed by atoms with Crippen LogP contribution in [0.2, 0.25) is 0 Å². The van der Waals surface area contributed by atoms with Gasteiger partial charge < -0.3 is 33.8 Å². The van der Waals surface area contributed by atoms with Gasteiger partial charge in [-0.25, -0.2) is 9.13 Å². The second kappa shape index (κ2) is 66.6. The molecule has 0 aromatic carbocycles. The van der Waals surface area contributed by atoms with Crippen molar-refractivity contribution in [2.24, 2.45) is 17.8 Å². The number of carbonyl (C=O) groups is 4. The molecular formula is C76H148O17P2. The topological polar surface area (TPSA) is 237 Å². The zero-order valence-corrected chi connectivity index (χ0v) is 63.9. The Bertz CT molecular complexity index is 1850. The third kappa shape index (κ3) is 69.0. The lowest BCUT2D eigenvalue weighted by Crippen LogP contribution is -2.30. The molecule has 0 aromatic rings. The van der Waals surface area contributed by atoms with Gasteiger partial charge in [0.1, 0.15) is 19.3 Å². The van der Waals surface area contributed by atoms with Crippen molar-refractivity contribution in [2.45, 2.75) is 407 Å². The first-order valence-corrected chi connectivity index (χ1v) is 42.4. The summed E-state index contributed by atoms with van der Waals surface area (Å²) in [4.78, 5) is 72.8. The van der Waals surface area contributed by atoms with Gasteiger partial charge in [0, 0.05) is 25.7 Å². The Morgan fingerprint density at radius 3 is 0.800 bits per heavy atom. The number of carbonyl (C=O) groups excluding carboxylic acids is 4. The molecule has 0 fully saturated rings. The molecule has 0 spiro atoms. The van der Waals surface area contributed by atoms with Crippen molar-refractivity contribution in [1.29, 1.82) is 0 Å². The number of aliphatic hydroxyl groups is 1. The maximum atomic E-state index is 13.1. The van der Waals surface area contributed by atoms with Gasteiger partial charge in [0.2, 0.25) is 0 Å². The lowest BCUT2D eigenvalue weighted by Gasteiger charge is -2.21. The van der Waals surface area contributed by atoms with Crippen molar-refractivity contribution < 1.29 is 80.2 Å². The second-order valence-corrected chi connectivity index (χ2v) is 31.5. The second-order valence-electron chi connectivity index (χ2n) is 28.6. The smallest absolute Gasteiger partial charge is 0.462 e. The van der Waals surface area contributed by atoms with Crippen molar-refractivity contribution in [3.63, 3.8) is 0 Å². The highest BCUT2D eigenvalue weighted by atomic mass is 31.2. The Balaban J connectivity index is 5.24. The largest absolute Gasteiger partial charge is 0.472 e. The maximum absolute atomic E-state index is 13.1. The molecule has 3 N–H and O–H groups in total. The first-order valence-electron chi connectivity index (χ1n) is 39.4. The summed E-state index contributed by atoms with van der Waals surface area (Å²) < 4.78 is 68.5. The first kappa shape index (κ1) is 93.1. The molecule has 19 heteroatoms. The highest BCUT2D eigenvalue weighted by Crippen LogP contribution is 2.45. The SMILES string of the molecule is CCCCCCCCCCCCC(=O)OC[C@H](COP(=O)(O)OC[C@H](O)COP(=O)(O)OC[C@@H](COC(=O)CCCCCCCCCCCCCCCC(C)C)OC(=O)CCCCCCCCCCCCCCCCC(C)CC)OC(=O)CCCCCCCCCCC(C)C. The molecule has 0 bridgehead atoms. The zero-order valence-electron chi connectivity index (χ0n) is 62.1. The van der Waals surface area contributed by atoms with Crippen LogP contribution in [0.3, 0.4) is 0 Å². The number of phosphoric acid groups is 2. The maximum Gasteiger partial charge on any atom is 0.472 e. The van der Waals surface area contributed by atoms with Gasteiger partial charge >= 0.3 is 39.5 Å². The highest BCUT2D eigenvalue weighted by Gasteiger charge is 2.30. The summed E-state index contributed by atoms with van der Waals surface area (Å²) in [7, 11) is -9.91. The van der Waals surface area contributed by atoms with E-state index < -0.39 is 97.5 Å². The van der Waals surface area contributed by atoms with E-state index in [1.165, 1.54) is 199 Å². The molecule has 0 rings (SSSR count). The summed E-state index contributed by atoms with van der Waals surface area (Å²) in [5.74, 6) is 0.236. The van der Waals surface area contributed by atoms with E-state index in [-0.39, 0.29) is 25.7 Å².